The Morgan fingerprint density at radius 2 is 1.53 bits per heavy atom. The van der Waals surface area contributed by atoms with Crippen molar-refractivity contribution in [3.8, 4) is 5.75 Å². The van der Waals surface area contributed by atoms with Crippen molar-refractivity contribution < 1.29 is 67.7 Å². The van der Waals surface area contributed by atoms with Gasteiger partial charge in [-0.05, 0) is 70.6 Å². The van der Waals surface area contributed by atoms with Crippen LogP contribution in [0.3, 0.4) is 0 Å². The Bertz CT molecular complexity index is 1890. The van der Waals surface area contributed by atoms with Crippen LogP contribution in [-0.2, 0) is 42.7 Å². The maximum absolute atomic E-state index is 13.9. The molecule has 7 rings (SSSR count). The minimum atomic E-state index is -1.64. The maximum Gasteiger partial charge on any atom is 0.316 e. The molecule has 0 amide bonds. The van der Waals surface area contributed by atoms with E-state index in [1.165, 1.54) is 37.4 Å². The fourth-order valence-corrected chi connectivity index (χ4v) is 9.14. The fraction of sp³-hybridized carbons (Fsp3) is 0.619. The molecule has 0 saturated carbocycles. The molecule has 3 fully saturated rings. The van der Waals surface area contributed by atoms with Crippen molar-refractivity contribution in [3.63, 3.8) is 0 Å². The number of Topliss-reactive ketones (excluding diaryl/α,β-unsaturated/α-hetero) is 1. The van der Waals surface area contributed by atoms with Crippen LogP contribution in [0.4, 0.5) is 0 Å². The van der Waals surface area contributed by atoms with Gasteiger partial charge in [0.25, 0.3) is 0 Å². The average Bonchev–Trinajstić information content (AvgIpc) is 3.16. The largest absolute Gasteiger partial charge is 0.507 e. The predicted molar refractivity (Wildman–Crippen MR) is 200 cm³/mol. The summed E-state index contributed by atoms with van der Waals surface area (Å²) in [6, 6.07) is 7.04. The molecule has 3 N–H and O–H groups in total. The van der Waals surface area contributed by atoms with Crippen LogP contribution >= 0.6 is 0 Å². The van der Waals surface area contributed by atoms with Gasteiger partial charge in [-0.15, -0.1) is 0 Å². The molecule has 0 spiro atoms. The molecule has 2 aromatic carbocycles. The second-order valence-corrected chi connectivity index (χ2v) is 16.2. The molecule has 2 aromatic rings. The van der Waals surface area contributed by atoms with Gasteiger partial charge in [0.2, 0.25) is 0 Å². The molecule has 13 atom stereocenters. The second-order valence-electron chi connectivity index (χ2n) is 16.2. The van der Waals surface area contributed by atoms with Crippen molar-refractivity contribution in [1.29, 1.82) is 0 Å². The zero-order valence-electron chi connectivity index (χ0n) is 33.3. The molecule has 0 bridgehead atoms. The number of aromatic hydroxyl groups is 1. The highest BCUT2D eigenvalue weighted by Gasteiger charge is 2.52. The number of methoxy groups -OCH3 is 1. The molecular weight excluding hydrogens is 742 g/mol. The number of esters is 1. The number of ketones is 3. The van der Waals surface area contributed by atoms with Gasteiger partial charge in [-0.3, -0.25) is 19.2 Å². The van der Waals surface area contributed by atoms with Gasteiger partial charge in [0.05, 0.1) is 42.7 Å². The third-order valence-corrected chi connectivity index (χ3v) is 12.3. The van der Waals surface area contributed by atoms with Gasteiger partial charge < -0.3 is 53.4 Å². The summed E-state index contributed by atoms with van der Waals surface area (Å²) in [5, 5.41) is 33.9. The minimum absolute atomic E-state index is 0.0167. The third-order valence-electron chi connectivity index (χ3n) is 12.3. The summed E-state index contributed by atoms with van der Waals surface area (Å²) in [4.78, 5) is 54.9. The van der Waals surface area contributed by atoms with E-state index in [2.05, 4.69) is 0 Å². The van der Waals surface area contributed by atoms with E-state index in [1.807, 2.05) is 25.9 Å². The number of aliphatic hydroxyl groups excluding tert-OH is 1. The molecule has 0 radical (unpaired) electrons. The van der Waals surface area contributed by atoms with Crippen molar-refractivity contribution in [2.75, 3.05) is 21.2 Å². The Morgan fingerprint density at radius 1 is 0.877 bits per heavy atom. The fourth-order valence-electron chi connectivity index (χ4n) is 9.14. The van der Waals surface area contributed by atoms with Crippen LogP contribution in [0.25, 0.3) is 0 Å². The number of nitrogens with zero attached hydrogens (tertiary/aromatic N) is 1. The van der Waals surface area contributed by atoms with E-state index in [0.29, 0.717) is 30.4 Å². The van der Waals surface area contributed by atoms with Gasteiger partial charge >= 0.3 is 5.97 Å². The first-order chi connectivity index (χ1) is 27.0. The Labute approximate surface area is 331 Å². The van der Waals surface area contributed by atoms with Crippen LogP contribution in [0.5, 0.6) is 5.75 Å². The lowest BCUT2D eigenvalue weighted by atomic mass is 9.67. The van der Waals surface area contributed by atoms with Crippen LogP contribution in [0, 0.1) is 0 Å². The van der Waals surface area contributed by atoms with Crippen molar-refractivity contribution in [1.82, 2.24) is 4.90 Å². The number of carbonyl (C=O) groups is 4. The Morgan fingerprint density at radius 3 is 2.18 bits per heavy atom. The number of hydrogen-bond donors (Lipinski definition) is 3. The SMILES string of the molecule is CC[C@@]1(O)CC(OC2CC(N(C)C)C(OC3CC(O)C(OC4CCC(=O)C(C)O4)C(C)O3)C(C)O2)c2cc3c(cc2[C@H]1C(=O)OC)C(=O)c1cccc(O)c1C3=O. The number of ether oxygens (including phenoxy) is 7. The van der Waals surface area contributed by atoms with E-state index in [4.69, 9.17) is 33.2 Å². The van der Waals surface area contributed by atoms with E-state index >= 15 is 0 Å². The molecule has 3 heterocycles. The lowest BCUT2D eigenvalue weighted by molar-refractivity contribution is -0.324. The van der Waals surface area contributed by atoms with Gasteiger partial charge in [0.15, 0.2) is 36.2 Å². The summed E-state index contributed by atoms with van der Waals surface area (Å²) in [5.74, 6) is -3.21. The number of carbonyl (C=O) groups excluding carboxylic acids is 4. The standard InChI is InChI=1S/C42H53NO14/c1-8-42(50)18-31(23-14-26-25(15-24(23)36(42)41(49)51-7)37(47)22-10-9-11-29(45)35(22)38(26)48)55-33-16-27(43(5)6)39(20(3)53-33)57-34-17-30(46)40(21(4)54-34)56-32-13-12-28(44)19(2)52-32/h9-11,14-15,19-21,27,30-34,36,39-40,45-46,50H,8,12-13,16-18H2,1-7H3/t19?,20?,21?,27?,30?,31?,32?,33?,34?,36-,39?,40?,42+/m0/s1. The van der Waals surface area contributed by atoms with Crippen LogP contribution in [0.15, 0.2) is 30.3 Å². The van der Waals surface area contributed by atoms with Gasteiger partial charge in [0.1, 0.15) is 30.0 Å². The summed E-state index contributed by atoms with van der Waals surface area (Å²) in [7, 11) is 5.04. The van der Waals surface area contributed by atoms with Crippen molar-refractivity contribution >= 4 is 23.3 Å². The van der Waals surface area contributed by atoms with Crippen molar-refractivity contribution in [3.05, 3.63) is 63.7 Å². The quantitative estimate of drug-likeness (QED) is 0.266. The molecule has 11 unspecified atom stereocenters. The number of phenols is 1. The average molecular weight is 796 g/mol. The number of benzene rings is 2. The number of phenolic OH excluding ortho intramolecular Hbond substituents is 1. The Balaban J connectivity index is 1.11. The number of fused-ring (bicyclic) bond motifs is 3. The number of aliphatic hydroxyl groups is 2. The number of likely N-dealkylation sites (N-methyl/N-ethyl adjacent to an activating group) is 1. The van der Waals surface area contributed by atoms with Crippen molar-refractivity contribution in [2.24, 2.45) is 0 Å². The zero-order chi connectivity index (χ0) is 41.1. The van der Waals surface area contributed by atoms with Gasteiger partial charge in [-0.1, -0.05) is 19.1 Å². The van der Waals surface area contributed by atoms with E-state index < -0.39 is 90.7 Å². The van der Waals surface area contributed by atoms with Gasteiger partial charge in [0, 0.05) is 54.8 Å². The first-order valence-corrected chi connectivity index (χ1v) is 19.7. The lowest BCUT2D eigenvalue weighted by Gasteiger charge is -2.48. The van der Waals surface area contributed by atoms with E-state index in [9.17, 15) is 34.5 Å². The molecule has 57 heavy (non-hydrogen) atoms. The van der Waals surface area contributed by atoms with Crippen molar-refractivity contribution in [2.45, 2.75) is 145 Å². The summed E-state index contributed by atoms with van der Waals surface area (Å²) in [6.45, 7) is 7.08. The Kier molecular flexibility index (Phi) is 11.8. The van der Waals surface area contributed by atoms with Crippen LogP contribution < -0.4 is 0 Å². The summed E-state index contributed by atoms with van der Waals surface area (Å²) >= 11 is 0. The topological polar surface area (TPSA) is 197 Å². The molecule has 15 heteroatoms. The smallest absolute Gasteiger partial charge is 0.316 e. The van der Waals surface area contributed by atoms with E-state index in [0.717, 1.165) is 0 Å². The first kappa shape index (κ1) is 41.5. The predicted octanol–water partition coefficient (Wildman–Crippen LogP) is 3.45. The summed E-state index contributed by atoms with van der Waals surface area (Å²) < 4.78 is 42.8. The molecule has 3 aliphatic heterocycles. The van der Waals surface area contributed by atoms with E-state index in [1.54, 1.807) is 20.8 Å². The van der Waals surface area contributed by atoms with Crippen LogP contribution in [0.2, 0.25) is 0 Å². The lowest BCUT2D eigenvalue weighted by Crippen LogP contribution is -2.58. The minimum Gasteiger partial charge on any atom is -0.507 e. The van der Waals surface area contributed by atoms with Crippen LogP contribution in [0.1, 0.15) is 121 Å². The molecule has 2 aliphatic carbocycles. The Hall–Kier alpha value is -3.64. The molecule has 0 aromatic heterocycles. The highest BCUT2D eigenvalue weighted by molar-refractivity contribution is 6.29. The highest BCUT2D eigenvalue weighted by atomic mass is 16.7. The maximum atomic E-state index is 13.9. The molecule has 5 aliphatic rings. The summed E-state index contributed by atoms with van der Waals surface area (Å²) in [6.07, 6.45) is -5.64. The van der Waals surface area contributed by atoms with E-state index in [-0.39, 0.29) is 59.1 Å². The highest BCUT2D eigenvalue weighted by Crippen LogP contribution is 2.50. The zero-order valence-corrected chi connectivity index (χ0v) is 33.3. The molecular formula is C42H53NO14. The van der Waals surface area contributed by atoms with Gasteiger partial charge in [-0.25, -0.2) is 0 Å². The summed E-state index contributed by atoms with van der Waals surface area (Å²) in [5.41, 5.74) is -0.853. The second kappa shape index (κ2) is 16.2. The van der Waals surface area contributed by atoms with Gasteiger partial charge in [-0.2, -0.15) is 0 Å². The molecule has 310 valence electrons. The first-order valence-electron chi connectivity index (χ1n) is 19.7. The number of rotatable bonds is 9. The van der Waals surface area contributed by atoms with Crippen LogP contribution in [-0.4, -0.2) is 132 Å². The molecule has 15 nitrogen and oxygen atoms in total. The third kappa shape index (κ3) is 7.70. The monoisotopic (exact) mass is 795 g/mol. The molecule has 3 saturated heterocycles. The normalized spacial score (nSPS) is 36.7. The number of hydrogen-bond acceptors (Lipinski definition) is 15.